The summed E-state index contributed by atoms with van der Waals surface area (Å²) in [7, 11) is 0. The Bertz CT molecular complexity index is 230. The van der Waals surface area contributed by atoms with Crippen molar-refractivity contribution in [3.05, 3.63) is 28.3 Å². The van der Waals surface area contributed by atoms with E-state index in [-0.39, 0.29) is 51.0 Å². The van der Waals surface area contributed by atoms with E-state index in [9.17, 15) is 0 Å². The summed E-state index contributed by atoms with van der Waals surface area (Å²) in [5, 5.41) is 0. The molecule has 0 N–H and O–H groups in total. The monoisotopic (exact) mass is 309 g/mol. The van der Waals surface area contributed by atoms with E-state index >= 15 is 0 Å². The fourth-order valence-corrected chi connectivity index (χ4v) is 1.64. The minimum Gasteiger partial charge on any atom is -1.00 e. The number of hydrogen-bond acceptors (Lipinski definition) is 0. The average molecular weight is 311 g/mol. The Morgan fingerprint density at radius 3 is 1.86 bits per heavy atom. The summed E-state index contributed by atoms with van der Waals surface area (Å²) in [6.07, 6.45) is 2.35. The second kappa shape index (κ2) is 9.07. The summed E-state index contributed by atoms with van der Waals surface area (Å²) in [5.41, 5.74) is 6.06. The van der Waals surface area contributed by atoms with Crippen molar-refractivity contribution in [3.8, 4) is 0 Å². The molecular weight excluding hydrogens is 294 g/mol. The van der Waals surface area contributed by atoms with Gasteiger partial charge in [-0.05, 0) is 0 Å². The minimum absolute atomic E-state index is 0. The second-order valence-corrected chi connectivity index (χ2v) is 3.15. The largest absolute Gasteiger partial charge is 3.00 e. The maximum absolute atomic E-state index is 2.35. The van der Waals surface area contributed by atoms with Gasteiger partial charge in [-0.25, -0.2) is 6.07 Å². The van der Waals surface area contributed by atoms with Crippen molar-refractivity contribution in [2.24, 2.45) is 0 Å². The van der Waals surface area contributed by atoms with Crippen LogP contribution in [0.1, 0.15) is 36.1 Å². The van der Waals surface area contributed by atoms with Crippen molar-refractivity contribution < 1.29 is 51.0 Å². The van der Waals surface area contributed by atoms with Crippen LogP contribution in [0.5, 0.6) is 0 Å². The average Bonchev–Trinajstić information content (AvgIpc) is 2.30. The van der Waals surface area contributed by atoms with Crippen LogP contribution in [0.25, 0.3) is 0 Å². The maximum Gasteiger partial charge on any atom is 3.00 e. The molecule has 0 atom stereocenters. The summed E-state index contributed by atoms with van der Waals surface area (Å²) in [6.45, 7) is 8.91. The van der Waals surface area contributed by atoms with E-state index in [0.29, 0.717) is 0 Å². The fourth-order valence-electron chi connectivity index (χ4n) is 1.64. The van der Waals surface area contributed by atoms with E-state index in [0.717, 1.165) is 0 Å². The van der Waals surface area contributed by atoms with Crippen LogP contribution < -0.4 is 24.8 Å². The fraction of sp³-hybridized carbons (Fsp3) is 0.545. The normalized spacial score (nSPS) is 8.29. The molecule has 0 nitrogen and oxygen atoms in total. The summed E-state index contributed by atoms with van der Waals surface area (Å²) < 4.78 is 0. The van der Waals surface area contributed by atoms with E-state index in [1.54, 1.807) is 0 Å². The standard InChI is InChI=1S/C11H17.2ClH.Zr/c1-5-10-7-11(6-2)9(4)8(10)3;;;/h7H,5-6H2,1-4H3;2*1H;/q-1;;;+3/p-2. The molecule has 0 saturated carbocycles. The Balaban J connectivity index is -0.000000403. The molecule has 79 valence electrons. The van der Waals surface area contributed by atoms with Crippen LogP contribution in [0, 0.1) is 13.8 Å². The van der Waals surface area contributed by atoms with Gasteiger partial charge in [-0.3, -0.25) is 0 Å². The molecule has 0 aromatic heterocycles. The summed E-state index contributed by atoms with van der Waals surface area (Å²) in [5.74, 6) is 0. The van der Waals surface area contributed by atoms with Gasteiger partial charge >= 0.3 is 26.2 Å². The van der Waals surface area contributed by atoms with Crippen LogP contribution in [0.4, 0.5) is 0 Å². The molecule has 0 bridgehead atoms. The molecule has 1 rings (SSSR count). The number of aryl methyl sites for hydroxylation is 2. The molecule has 0 spiro atoms. The first kappa shape index (κ1) is 20.3. The molecule has 14 heavy (non-hydrogen) atoms. The third kappa shape index (κ3) is 4.13. The SMILES string of the molecule is CCc1cc(CC)[c-](C)c1C.[Cl-].[Cl-].[Zr+3]. The van der Waals surface area contributed by atoms with Crippen molar-refractivity contribution in [2.75, 3.05) is 0 Å². The third-order valence-corrected chi connectivity index (χ3v) is 2.64. The Hall–Kier alpha value is 0.813. The number of rotatable bonds is 2. The van der Waals surface area contributed by atoms with Gasteiger partial charge in [0.1, 0.15) is 0 Å². The summed E-state index contributed by atoms with van der Waals surface area (Å²) >= 11 is 0. The Labute approximate surface area is 119 Å². The first-order chi connectivity index (χ1) is 5.20. The molecular formula is C11H17Cl2Zr. The van der Waals surface area contributed by atoms with Crippen LogP contribution in [0.2, 0.25) is 0 Å². The van der Waals surface area contributed by atoms with Crippen LogP contribution in [0.15, 0.2) is 6.07 Å². The van der Waals surface area contributed by atoms with Gasteiger partial charge in [0.05, 0.1) is 0 Å². The van der Waals surface area contributed by atoms with Gasteiger partial charge in [-0.2, -0.15) is 22.3 Å². The number of hydrogen-bond donors (Lipinski definition) is 0. The first-order valence-corrected chi connectivity index (χ1v) is 4.45. The van der Waals surface area contributed by atoms with Crippen LogP contribution in [-0.4, -0.2) is 0 Å². The van der Waals surface area contributed by atoms with Crippen molar-refractivity contribution in [2.45, 2.75) is 40.5 Å². The summed E-state index contributed by atoms with van der Waals surface area (Å²) in [6, 6.07) is 2.35. The molecule has 0 aliphatic heterocycles. The van der Waals surface area contributed by atoms with Gasteiger partial charge in [-0.1, -0.05) is 40.5 Å². The van der Waals surface area contributed by atoms with Gasteiger partial charge in [-0.15, -0.1) is 0 Å². The zero-order chi connectivity index (χ0) is 8.43. The Kier molecular flexibility index (Phi) is 13.1. The van der Waals surface area contributed by atoms with E-state index in [2.05, 4.69) is 33.8 Å². The van der Waals surface area contributed by atoms with Gasteiger partial charge in [0.15, 0.2) is 0 Å². The molecule has 0 unspecified atom stereocenters. The number of halogens is 2. The van der Waals surface area contributed by atoms with Crippen LogP contribution in [0.3, 0.4) is 0 Å². The van der Waals surface area contributed by atoms with Crippen LogP contribution in [-0.2, 0) is 39.0 Å². The molecule has 3 heteroatoms. The van der Waals surface area contributed by atoms with Crippen LogP contribution >= 0.6 is 0 Å². The topological polar surface area (TPSA) is 0 Å². The minimum atomic E-state index is 0. The Morgan fingerprint density at radius 1 is 1.14 bits per heavy atom. The molecule has 1 aromatic rings. The maximum atomic E-state index is 2.35. The van der Waals surface area contributed by atoms with Crippen molar-refractivity contribution in [1.82, 2.24) is 0 Å². The third-order valence-electron chi connectivity index (χ3n) is 2.64. The van der Waals surface area contributed by atoms with Crippen molar-refractivity contribution in [1.29, 1.82) is 0 Å². The smallest absolute Gasteiger partial charge is 1.00 e. The van der Waals surface area contributed by atoms with Gasteiger partial charge in [0, 0.05) is 0 Å². The Morgan fingerprint density at radius 2 is 1.64 bits per heavy atom. The molecule has 0 heterocycles. The van der Waals surface area contributed by atoms with Gasteiger partial charge in [0.25, 0.3) is 0 Å². The molecule has 0 fully saturated rings. The van der Waals surface area contributed by atoms with E-state index in [1.807, 2.05) is 0 Å². The molecule has 0 aliphatic rings. The molecule has 0 saturated heterocycles. The first-order valence-electron chi connectivity index (χ1n) is 4.45. The molecule has 0 amide bonds. The second-order valence-electron chi connectivity index (χ2n) is 3.15. The van der Waals surface area contributed by atoms with Gasteiger partial charge in [0.2, 0.25) is 0 Å². The zero-order valence-corrected chi connectivity index (χ0v) is 13.2. The van der Waals surface area contributed by atoms with Crippen molar-refractivity contribution >= 4 is 0 Å². The van der Waals surface area contributed by atoms with E-state index in [1.165, 1.54) is 35.1 Å². The summed E-state index contributed by atoms with van der Waals surface area (Å²) in [4.78, 5) is 0. The molecule has 1 aromatic carbocycles. The van der Waals surface area contributed by atoms with Gasteiger partial charge < -0.3 is 24.8 Å². The predicted molar refractivity (Wildman–Crippen MR) is 50.3 cm³/mol. The predicted octanol–water partition coefficient (Wildman–Crippen LogP) is -2.85. The molecule has 1 radical (unpaired) electrons. The molecule has 0 aliphatic carbocycles. The van der Waals surface area contributed by atoms with E-state index < -0.39 is 0 Å². The van der Waals surface area contributed by atoms with E-state index in [4.69, 9.17) is 0 Å². The zero-order valence-electron chi connectivity index (χ0n) is 9.25. The van der Waals surface area contributed by atoms with Crippen molar-refractivity contribution in [3.63, 3.8) is 0 Å². The quantitative estimate of drug-likeness (QED) is 0.516.